The van der Waals surface area contributed by atoms with Gasteiger partial charge in [-0.05, 0) is 31.4 Å². The second kappa shape index (κ2) is 6.56. The number of nitrogens with zero attached hydrogens (tertiary/aromatic N) is 2. The third kappa shape index (κ3) is 3.19. The topological polar surface area (TPSA) is 78.6 Å². The number of nitro benzene ring substituents is 1. The molecule has 20 heavy (non-hydrogen) atoms. The van der Waals surface area contributed by atoms with Crippen molar-refractivity contribution in [3.63, 3.8) is 0 Å². The minimum absolute atomic E-state index is 0.0401. The van der Waals surface area contributed by atoms with E-state index in [1.165, 1.54) is 0 Å². The van der Waals surface area contributed by atoms with Crippen molar-refractivity contribution < 1.29 is 10.0 Å². The van der Waals surface area contributed by atoms with Crippen molar-refractivity contribution in [2.45, 2.75) is 32.2 Å². The lowest BCUT2D eigenvalue weighted by molar-refractivity contribution is -0.384. The minimum atomic E-state index is -0.389. The summed E-state index contributed by atoms with van der Waals surface area (Å²) in [5.74, 6) is 0. The largest absolute Gasteiger partial charge is 0.394 e. The smallest absolute Gasteiger partial charge is 0.292 e. The van der Waals surface area contributed by atoms with Gasteiger partial charge in [-0.3, -0.25) is 10.1 Å². The van der Waals surface area contributed by atoms with E-state index in [-0.39, 0.29) is 23.3 Å². The van der Waals surface area contributed by atoms with Gasteiger partial charge in [-0.15, -0.1) is 0 Å². The van der Waals surface area contributed by atoms with Crippen molar-refractivity contribution in [3.05, 3.63) is 28.3 Å². The van der Waals surface area contributed by atoms with Gasteiger partial charge in [0.15, 0.2) is 0 Å². The van der Waals surface area contributed by atoms with E-state index in [4.69, 9.17) is 0 Å². The molecule has 6 nitrogen and oxygen atoms in total. The Morgan fingerprint density at radius 2 is 2.15 bits per heavy atom. The van der Waals surface area contributed by atoms with Gasteiger partial charge in [0.25, 0.3) is 5.69 Å². The fourth-order valence-electron chi connectivity index (χ4n) is 2.47. The van der Waals surface area contributed by atoms with Crippen LogP contribution in [-0.2, 0) is 0 Å². The van der Waals surface area contributed by atoms with Crippen molar-refractivity contribution in [1.82, 2.24) is 0 Å². The summed E-state index contributed by atoms with van der Waals surface area (Å²) >= 11 is 0. The molecule has 1 unspecified atom stereocenters. The highest BCUT2D eigenvalue weighted by Crippen LogP contribution is 2.31. The quantitative estimate of drug-likeness (QED) is 0.617. The molecule has 1 atom stereocenters. The molecule has 110 valence electrons. The maximum Gasteiger partial charge on any atom is 0.292 e. The maximum atomic E-state index is 11.1. The Bertz CT molecular complexity index is 469. The summed E-state index contributed by atoms with van der Waals surface area (Å²) in [6.07, 6.45) is 3.03. The van der Waals surface area contributed by atoms with Crippen LogP contribution in [0.4, 0.5) is 17.1 Å². The van der Waals surface area contributed by atoms with Gasteiger partial charge in [0, 0.05) is 30.9 Å². The highest BCUT2D eigenvalue weighted by Gasteiger charge is 2.20. The second-order valence-electron chi connectivity index (χ2n) is 5.08. The molecule has 0 amide bonds. The lowest BCUT2D eigenvalue weighted by atomic mass is 10.2. The standard InChI is InChI=1S/C14H21N3O3/c1-2-11(10-18)15-13-9-12(16-7-3-4-8-16)5-6-14(13)17(19)20/h5-6,9,11,15,18H,2-4,7-8,10H2,1H3. The lowest BCUT2D eigenvalue weighted by Gasteiger charge is -2.20. The molecule has 0 spiro atoms. The Hall–Kier alpha value is -1.82. The van der Waals surface area contributed by atoms with E-state index in [1.54, 1.807) is 12.1 Å². The Kier molecular flexibility index (Phi) is 4.79. The fourth-order valence-corrected chi connectivity index (χ4v) is 2.47. The summed E-state index contributed by atoms with van der Waals surface area (Å²) in [5.41, 5.74) is 1.54. The predicted octanol–water partition coefficient (Wildman–Crippen LogP) is 2.38. The molecule has 1 aliphatic heterocycles. The Labute approximate surface area is 118 Å². The molecule has 1 heterocycles. The number of hydrogen-bond acceptors (Lipinski definition) is 5. The van der Waals surface area contributed by atoms with Crippen LogP contribution in [-0.4, -0.2) is 35.8 Å². The summed E-state index contributed by atoms with van der Waals surface area (Å²) < 4.78 is 0. The zero-order chi connectivity index (χ0) is 14.5. The fraction of sp³-hybridized carbons (Fsp3) is 0.571. The van der Waals surface area contributed by atoms with Gasteiger partial charge < -0.3 is 15.3 Å². The summed E-state index contributed by atoms with van der Waals surface area (Å²) in [5, 5.41) is 23.4. The molecule has 0 bridgehead atoms. The molecule has 0 aliphatic carbocycles. The van der Waals surface area contributed by atoms with E-state index in [0.29, 0.717) is 12.1 Å². The first-order valence-corrected chi connectivity index (χ1v) is 7.06. The first-order valence-electron chi connectivity index (χ1n) is 7.06. The monoisotopic (exact) mass is 279 g/mol. The highest BCUT2D eigenvalue weighted by atomic mass is 16.6. The Morgan fingerprint density at radius 3 is 2.70 bits per heavy atom. The molecule has 0 radical (unpaired) electrons. The molecule has 6 heteroatoms. The van der Waals surface area contributed by atoms with Crippen molar-refractivity contribution in [1.29, 1.82) is 0 Å². The summed E-state index contributed by atoms with van der Waals surface area (Å²) in [6, 6.07) is 5.00. The maximum absolute atomic E-state index is 11.1. The van der Waals surface area contributed by atoms with Gasteiger partial charge in [0.2, 0.25) is 0 Å². The third-order valence-electron chi connectivity index (χ3n) is 3.72. The van der Waals surface area contributed by atoms with E-state index in [9.17, 15) is 15.2 Å². The van der Waals surface area contributed by atoms with Gasteiger partial charge in [-0.25, -0.2) is 0 Å². The van der Waals surface area contributed by atoms with Gasteiger partial charge in [-0.2, -0.15) is 0 Å². The highest BCUT2D eigenvalue weighted by molar-refractivity contribution is 5.69. The second-order valence-corrected chi connectivity index (χ2v) is 5.08. The average Bonchev–Trinajstić information content (AvgIpc) is 2.98. The van der Waals surface area contributed by atoms with Crippen LogP contribution in [0.3, 0.4) is 0 Å². The molecule has 1 saturated heterocycles. The number of benzene rings is 1. The summed E-state index contributed by atoms with van der Waals surface area (Å²) in [7, 11) is 0. The Morgan fingerprint density at radius 1 is 1.45 bits per heavy atom. The minimum Gasteiger partial charge on any atom is -0.394 e. The molecular formula is C14H21N3O3. The van der Waals surface area contributed by atoms with Crippen LogP contribution in [0, 0.1) is 10.1 Å². The molecule has 2 rings (SSSR count). The SMILES string of the molecule is CCC(CO)Nc1cc(N2CCCC2)ccc1[N+](=O)[O-]. The van der Waals surface area contributed by atoms with Crippen LogP contribution in [0.2, 0.25) is 0 Å². The van der Waals surface area contributed by atoms with E-state index in [2.05, 4.69) is 10.2 Å². The van der Waals surface area contributed by atoms with E-state index in [1.807, 2.05) is 13.0 Å². The van der Waals surface area contributed by atoms with Gasteiger partial charge >= 0.3 is 0 Å². The Balaban J connectivity index is 2.28. The van der Waals surface area contributed by atoms with Crippen LogP contribution in [0.5, 0.6) is 0 Å². The third-order valence-corrected chi connectivity index (χ3v) is 3.72. The molecule has 0 aromatic heterocycles. The number of aliphatic hydroxyl groups is 1. The summed E-state index contributed by atoms with van der Waals surface area (Å²) in [6.45, 7) is 3.88. The zero-order valence-electron chi connectivity index (χ0n) is 11.7. The van der Waals surface area contributed by atoms with Crippen molar-refractivity contribution >= 4 is 17.1 Å². The van der Waals surface area contributed by atoms with Crippen LogP contribution >= 0.6 is 0 Å². The first-order chi connectivity index (χ1) is 9.65. The lowest BCUT2D eigenvalue weighted by Crippen LogP contribution is -2.24. The number of rotatable bonds is 6. The molecule has 1 fully saturated rings. The molecule has 2 N–H and O–H groups in total. The van der Waals surface area contributed by atoms with Crippen molar-refractivity contribution in [2.24, 2.45) is 0 Å². The number of hydrogen-bond donors (Lipinski definition) is 2. The molecule has 1 aliphatic rings. The van der Waals surface area contributed by atoms with E-state index >= 15 is 0 Å². The van der Waals surface area contributed by atoms with Gasteiger partial charge in [0.05, 0.1) is 11.5 Å². The number of nitro groups is 1. The van der Waals surface area contributed by atoms with Crippen molar-refractivity contribution in [3.8, 4) is 0 Å². The van der Waals surface area contributed by atoms with Gasteiger partial charge in [0.1, 0.15) is 5.69 Å². The first kappa shape index (κ1) is 14.6. The molecule has 1 aromatic rings. The summed E-state index contributed by atoms with van der Waals surface area (Å²) in [4.78, 5) is 12.9. The van der Waals surface area contributed by atoms with E-state index in [0.717, 1.165) is 31.6 Å². The van der Waals surface area contributed by atoms with E-state index < -0.39 is 0 Å². The van der Waals surface area contributed by atoms with Crippen LogP contribution in [0.25, 0.3) is 0 Å². The van der Waals surface area contributed by atoms with Gasteiger partial charge in [-0.1, -0.05) is 6.92 Å². The number of anilines is 2. The molecule has 0 saturated carbocycles. The predicted molar refractivity (Wildman–Crippen MR) is 79.3 cm³/mol. The van der Waals surface area contributed by atoms with Crippen molar-refractivity contribution in [2.75, 3.05) is 29.9 Å². The molecular weight excluding hydrogens is 258 g/mol. The average molecular weight is 279 g/mol. The zero-order valence-corrected chi connectivity index (χ0v) is 11.7. The normalized spacial score (nSPS) is 16.2. The van der Waals surface area contributed by atoms with Crippen LogP contribution in [0.15, 0.2) is 18.2 Å². The number of aliphatic hydroxyl groups excluding tert-OH is 1. The van der Waals surface area contributed by atoms with Crippen LogP contribution < -0.4 is 10.2 Å². The van der Waals surface area contributed by atoms with Crippen LogP contribution in [0.1, 0.15) is 26.2 Å². The molecule has 1 aromatic carbocycles. The number of nitrogens with one attached hydrogen (secondary N) is 1.